The van der Waals surface area contributed by atoms with Crippen LogP contribution < -0.4 is 15.7 Å². The summed E-state index contributed by atoms with van der Waals surface area (Å²) >= 11 is 0. The summed E-state index contributed by atoms with van der Waals surface area (Å²) in [6, 6.07) is 4.95. The van der Waals surface area contributed by atoms with Gasteiger partial charge < -0.3 is 15.2 Å². The molecule has 1 aliphatic heterocycles. The third kappa shape index (κ3) is 3.74. The van der Waals surface area contributed by atoms with Crippen molar-refractivity contribution in [3.05, 3.63) is 54.3 Å². The quantitative estimate of drug-likeness (QED) is 0.565. The van der Waals surface area contributed by atoms with Gasteiger partial charge in [0.15, 0.2) is 5.92 Å². The molecule has 0 aliphatic carbocycles. The van der Waals surface area contributed by atoms with Gasteiger partial charge in [-0.1, -0.05) is 24.3 Å². The number of nitrogens with one attached hydrogen (secondary N) is 2. The topological polar surface area (TPSA) is 119 Å². The Morgan fingerprint density at radius 1 is 1.40 bits per heavy atom. The Labute approximate surface area is 143 Å². The van der Waals surface area contributed by atoms with Crippen molar-refractivity contribution in [3.63, 3.8) is 0 Å². The molecule has 1 atom stereocenters. The van der Waals surface area contributed by atoms with Gasteiger partial charge in [0.25, 0.3) is 0 Å². The normalized spacial score (nSPS) is 18.0. The Hall–Kier alpha value is -3.42. The molecule has 25 heavy (non-hydrogen) atoms. The number of allylic oxidation sites excluding steroid dienone is 1. The third-order valence-corrected chi connectivity index (χ3v) is 3.57. The van der Waals surface area contributed by atoms with E-state index in [0.29, 0.717) is 5.69 Å². The van der Waals surface area contributed by atoms with E-state index in [0.717, 1.165) is 4.90 Å². The number of hydrogen-bond donors (Lipinski definition) is 2. The first kappa shape index (κ1) is 17.9. The molecule has 4 amide bonds. The molecule has 0 saturated carbocycles. The van der Waals surface area contributed by atoms with Crippen molar-refractivity contribution < 1.29 is 24.3 Å². The Kier molecular flexibility index (Phi) is 5.33. The van der Waals surface area contributed by atoms with E-state index >= 15 is 0 Å². The Morgan fingerprint density at radius 2 is 2.12 bits per heavy atom. The molecule has 0 radical (unpaired) electrons. The zero-order chi connectivity index (χ0) is 18.6. The number of hydrogen-bond acceptors (Lipinski definition) is 6. The first-order valence-electron chi connectivity index (χ1n) is 7.40. The van der Waals surface area contributed by atoms with Crippen LogP contribution in [0.5, 0.6) is 0 Å². The molecule has 1 aliphatic rings. The lowest BCUT2D eigenvalue weighted by atomic mass is 9.99. The van der Waals surface area contributed by atoms with E-state index in [-0.39, 0.29) is 17.8 Å². The average molecular weight is 342 g/mol. The van der Waals surface area contributed by atoms with Crippen molar-refractivity contribution in [3.8, 4) is 0 Å². The number of urea groups is 1. The van der Waals surface area contributed by atoms with Crippen molar-refractivity contribution >= 4 is 29.5 Å². The second-order valence-corrected chi connectivity index (χ2v) is 5.20. The van der Waals surface area contributed by atoms with E-state index in [1.807, 2.05) is 0 Å². The van der Waals surface area contributed by atoms with Crippen LogP contribution in [-0.2, 0) is 9.59 Å². The van der Waals surface area contributed by atoms with Crippen LogP contribution in [-0.4, -0.2) is 35.3 Å². The van der Waals surface area contributed by atoms with Gasteiger partial charge >= 0.3 is 6.03 Å². The minimum Gasteiger partial charge on any atom is -0.545 e. The number of rotatable bonds is 6. The molecule has 0 bridgehead atoms. The lowest BCUT2D eigenvalue weighted by molar-refractivity contribution is -0.255. The second kappa shape index (κ2) is 7.43. The number of carbonyl (C=O) groups is 4. The number of carbonyl (C=O) groups excluding carboxylic acids is 4. The minimum absolute atomic E-state index is 0.0361. The predicted octanol–water partition coefficient (Wildman–Crippen LogP) is 0.246. The molecule has 1 heterocycles. The van der Waals surface area contributed by atoms with Crippen LogP contribution in [0, 0.1) is 5.92 Å². The van der Waals surface area contributed by atoms with Crippen LogP contribution in [0.4, 0.5) is 10.5 Å². The van der Waals surface area contributed by atoms with E-state index in [4.69, 9.17) is 0 Å². The van der Waals surface area contributed by atoms with Crippen LogP contribution in [0.15, 0.2) is 48.7 Å². The number of anilines is 1. The summed E-state index contributed by atoms with van der Waals surface area (Å²) in [4.78, 5) is 48.2. The first-order chi connectivity index (χ1) is 11.9. The van der Waals surface area contributed by atoms with E-state index in [1.165, 1.54) is 30.4 Å². The molecule has 2 rings (SSSR count). The highest BCUT2D eigenvalue weighted by Gasteiger charge is 2.42. The molecule has 0 unspecified atom stereocenters. The predicted molar refractivity (Wildman–Crippen MR) is 87.1 cm³/mol. The van der Waals surface area contributed by atoms with Gasteiger partial charge in [0.1, 0.15) is 0 Å². The van der Waals surface area contributed by atoms with Crippen LogP contribution in [0.1, 0.15) is 17.3 Å². The summed E-state index contributed by atoms with van der Waals surface area (Å²) in [6.45, 7) is 5.05. The number of barbiturate groups is 1. The van der Waals surface area contributed by atoms with Crippen molar-refractivity contribution in [2.45, 2.75) is 6.92 Å². The highest BCUT2D eigenvalue weighted by atomic mass is 16.4. The highest BCUT2D eigenvalue weighted by Crippen LogP contribution is 2.22. The number of carboxylic acids is 1. The standard InChI is InChI=1S/C17H17N3O5/c1-3-8-20-15(22)13(14(21)19-17(20)25)12(4-2)18-11-7-5-6-10(9-11)16(23)24/h3-7,9,13,18H,1,8H2,2H3,(H,23,24)(H,19,21,25)/p-1/b12-4-/t13-/m0/s1. The molecule has 1 aromatic carbocycles. The van der Waals surface area contributed by atoms with Crippen molar-refractivity contribution in [1.29, 1.82) is 0 Å². The summed E-state index contributed by atoms with van der Waals surface area (Å²) < 4.78 is 0. The maximum atomic E-state index is 12.5. The number of carboxylic acid groups (broad SMARTS) is 1. The zero-order valence-electron chi connectivity index (χ0n) is 13.4. The third-order valence-electron chi connectivity index (χ3n) is 3.57. The molecular weight excluding hydrogens is 326 g/mol. The molecule has 1 fully saturated rings. The minimum atomic E-state index is -1.35. The second-order valence-electron chi connectivity index (χ2n) is 5.20. The number of benzene rings is 1. The fraction of sp³-hybridized carbons (Fsp3) is 0.176. The molecule has 130 valence electrons. The SMILES string of the molecule is C=CCN1C(=O)NC(=O)[C@H](/C(=C/C)Nc2cccc(C(=O)[O-])c2)C1=O. The van der Waals surface area contributed by atoms with Gasteiger partial charge in [-0.25, -0.2) is 4.79 Å². The fourth-order valence-corrected chi connectivity index (χ4v) is 2.39. The molecule has 0 aromatic heterocycles. The van der Waals surface area contributed by atoms with Gasteiger partial charge in [0.2, 0.25) is 11.8 Å². The first-order valence-corrected chi connectivity index (χ1v) is 7.40. The van der Waals surface area contributed by atoms with Crippen LogP contribution >= 0.6 is 0 Å². The largest absolute Gasteiger partial charge is 0.545 e. The summed E-state index contributed by atoms with van der Waals surface area (Å²) in [5.41, 5.74) is 0.533. The van der Waals surface area contributed by atoms with Crippen molar-refractivity contribution in [2.75, 3.05) is 11.9 Å². The lowest BCUT2D eigenvalue weighted by Gasteiger charge is -2.31. The van der Waals surface area contributed by atoms with Crippen LogP contribution in [0.25, 0.3) is 0 Å². The summed E-state index contributed by atoms with van der Waals surface area (Å²) in [7, 11) is 0. The monoisotopic (exact) mass is 342 g/mol. The zero-order valence-corrected chi connectivity index (χ0v) is 13.4. The fourth-order valence-electron chi connectivity index (χ4n) is 2.39. The Morgan fingerprint density at radius 3 is 2.72 bits per heavy atom. The van der Waals surface area contributed by atoms with E-state index < -0.39 is 29.7 Å². The molecule has 2 N–H and O–H groups in total. The van der Waals surface area contributed by atoms with E-state index in [9.17, 15) is 24.3 Å². The number of imide groups is 2. The highest BCUT2D eigenvalue weighted by molar-refractivity contribution is 6.18. The summed E-state index contributed by atoms with van der Waals surface area (Å²) in [6.07, 6.45) is 2.88. The van der Waals surface area contributed by atoms with Crippen LogP contribution in [0.2, 0.25) is 0 Å². The van der Waals surface area contributed by atoms with Gasteiger partial charge in [-0.3, -0.25) is 19.8 Å². The number of amides is 4. The summed E-state index contributed by atoms with van der Waals surface area (Å²) in [5.74, 6) is -4.05. The Bertz CT molecular complexity index is 784. The number of aromatic carboxylic acids is 1. The molecule has 0 spiro atoms. The number of nitrogens with zero attached hydrogens (tertiary/aromatic N) is 1. The smallest absolute Gasteiger partial charge is 0.331 e. The van der Waals surface area contributed by atoms with Gasteiger partial charge in [-0.05, 0) is 24.6 Å². The molecule has 8 heteroatoms. The van der Waals surface area contributed by atoms with E-state index in [1.54, 1.807) is 13.0 Å². The van der Waals surface area contributed by atoms with Crippen molar-refractivity contribution in [2.24, 2.45) is 5.92 Å². The molecule has 1 saturated heterocycles. The van der Waals surface area contributed by atoms with Crippen LogP contribution in [0.3, 0.4) is 0 Å². The van der Waals surface area contributed by atoms with E-state index in [2.05, 4.69) is 17.2 Å². The summed E-state index contributed by atoms with van der Waals surface area (Å²) in [5, 5.41) is 15.9. The van der Waals surface area contributed by atoms with Gasteiger partial charge in [-0.15, -0.1) is 6.58 Å². The molecule has 1 aromatic rings. The van der Waals surface area contributed by atoms with Crippen molar-refractivity contribution in [1.82, 2.24) is 10.2 Å². The van der Waals surface area contributed by atoms with Gasteiger partial charge in [-0.2, -0.15) is 0 Å². The van der Waals surface area contributed by atoms with Gasteiger partial charge in [0.05, 0.1) is 5.97 Å². The Balaban J connectivity index is 2.30. The maximum Gasteiger partial charge on any atom is 0.331 e. The van der Waals surface area contributed by atoms with Gasteiger partial charge in [0, 0.05) is 17.9 Å². The average Bonchev–Trinajstić information content (AvgIpc) is 2.57. The lowest BCUT2D eigenvalue weighted by Crippen LogP contribution is -2.58. The maximum absolute atomic E-state index is 12.5. The molecule has 8 nitrogen and oxygen atoms in total. The molecular formula is C17H16N3O5-.